The molecular formula is C19H22N2O4S. The molecule has 0 radical (unpaired) electrons. The van der Waals surface area contributed by atoms with Crippen molar-refractivity contribution in [2.75, 3.05) is 7.11 Å². The lowest BCUT2D eigenvalue weighted by Gasteiger charge is -2.16. The van der Waals surface area contributed by atoms with E-state index in [0.717, 1.165) is 18.4 Å². The Morgan fingerprint density at radius 2 is 1.85 bits per heavy atom. The molecule has 1 amide bonds. The van der Waals surface area contributed by atoms with Gasteiger partial charge in [0.25, 0.3) is 5.91 Å². The van der Waals surface area contributed by atoms with Crippen molar-refractivity contribution in [3.05, 3.63) is 59.7 Å². The molecule has 0 aromatic heterocycles. The summed E-state index contributed by atoms with van der Waals surface area (Å²) < 4.78 is 32.9. The van der Waals surface area contributed by atoms with Gasteiger partial charge in [-0.2, -0.15) is 0 Å². The first-order valence-electron chi connectivity index (χ1n) is 8.47. The first-order valence-corrected chi connectivity index (χ1v) is 9.95. The van der Waals surface area contributed by atoms with Crippen LogP contribution in [0.15, 0.2) is 53.4 Å². The van der Waals surface area contributed by atoms with Gasteiger partial charge in [0.2, 0.25) is 10.0 Å². The molecule has 0 bridgehead atoms. The molecule has 1 fully saturated rings. The number of hydrogen-bond donors (Lipinski definition) is 2. The first-order chi connectivity index (χ1) is 12.4. The van der Waals surface area contributed by atoms with E-state index in [2.05, 4.69) is 10.0 Å². The molecule has 6 nitrogen and oxygen atoms in total. The van der Waals surface area contributed by atoms with Gasteiger partial charge < -0.3 is 10.1 Å². The maximum Gasteiger partial charge on any atom is 0.251 e. The number of hydrogen-bond acceptors (Lipinski definition) is 4. The minimum absolute atomic E-state index is 0.0214. The van der Waals surface area contributed by atoms with Gasteiger partial charge in [0.1, 0.15) is 10.6 Å². The fraction of sp³-hybridized carbons (Fsp3) is 0.316. The molecule has 0 aliphatic heterocycles. The number of nitrogens with one attached hydrogen (secondary N) is 2. The molecule has 1 atom stereocenters. The van der Waals surface area contributed by atoms with Crippen molar-refractivity contribution in [2.45, 2.75) is 36.7 Å². The summed E-state index contributed by atoms with van der Waals surface area (Å²) in [6, 6.07) is 13.8. The topological polar surface area (TPSA) is 84.5 Å². The zero-order valence-corrected chi connectivity index (χ0v) is 15.5. The monoisotopic (exact) mass is 374 g/mol. The Hall–Kier alpha value is -2.38. The number of methoxy groups -OCH3 is 1. The van der Waals surface area contributed by atoms with Gasteiger partial charge in [0.15, 0.2) is 0 Å². The maximum atomic E-state index is 12.6. The Labute approximate surface area is 153 Å². The van der Waals surface area contributed by atoms with E-state index in [1.165, 1.54) is 19.2 Å². The molecule has 7 heteroatoms. The van der Waals surface area contributed by atoms with E-state index in [0.29, 0.717) is 0 Å². The molecule has 26 heavy (non-hydrogen) atoms. The third-order valence-electron chi connectivity index (χ3n) is 4.26. The quantitative estimate of drug-likeness (QED) is 0.780. The highest BCUT2D eigenvalue weighted by atomic mass is 32.2. The lowest BCUT2D eigenvalue weighted by Crippen LogP contribution is -2.28. The lowest BCUT2D eigenvalue weighted by atomic mass is 10.1. The predicted molar refractivity (Wildman–Crippen MR) is 98.7 cm³/mol. The number of amides is 1. The van der Waals surface area contributed by atoms with Crippen molar-refractivity contribution in [3.8, 4) is 5.75 Å². The summed E-state index contributed by atoms with van der Waals surface area (Å²) in [5, 5.41) is 2.89. The normalized spacial score (nSPS) is 15.3. The molecule has 0 spiro atoms. The van der Waals surface area contributed by atoms with Crippen LogP contribution in [0, 0.1) is 0 Å². The molecule has 0 heterocycles. The summed E-state index contributed by atoms with van der Waals surface area (Å²) in [5.74, 6) is -0.127. The average Bonchev–Trinajstić information content (AvgIpc) is 3.45. The van der Waals surface area contributed by atoms with Gasteiger partial charge in [-0.1, -0.05) is 30.3 Å². The number of ether oxygens (including phenoxy) is 1. The predicted octanol–water partition coefficient (Wildman–Crippen LogP) is 2.63. The summed E-state index contributed by atoms with van der Waals surface area (Å²) in [6.07, 6.45) is 1.66. The van der Waals surface area contributed by atoms with Crippen molar-refractivity contribution >= 4 is 15.9 Å². The molecule has 3 rings (SSSR count). The highest BCUT2D eigenvalue weighted by molar-refractivity contribution is 7.89. The fourth-order valence-electron chi connectivity index (χ4n) is 2.62. The minimum atomic E-state index is -3.73. The van der Waals surface area contributed by atoms with E-state index >= 15 is 0 Å². The van der Waals surface area contributed by atoms with E-state index < -0.39 is 10.0 Å². The average molecular weight is 374 g/mol. The minimum Gasteiger partial charge on any atom is -0.495 e. The Morgan fingerprint density at radius 3 is 2.46 bits per heavy atom. The zero-order valence-electron chi connectivity index (χ0n) is 14.7. The number of carbonyl (C=O) groups excluding carboxylic acids is 1. The third kappa shape index (κ3) is 4.23. The zero-order chi connectivity index (χ0) is 18.7. The molecule has 138 valence electrons. The van der Waals surface area contributed by atoms with Gasteiger partial charge in [-0.15, -0.1) is 0 Å². The van der Waals surface area contributed by atoms with E-state index in [1.807, 2.05) is 37.3 Å². The first kappa shape index (κ1) is 18.4. The van der Waals surface area contributed by atoms with Gasteiger partial charge in [-0.3, -0.25) is 4.79 Å². The van der Waals surface area contributed by atoms with Gasteiger partial charge in [-0.25, -0.2) is 13.1 Å². The van der Waals surface area contributed by atoms with Gasteiger partial charge >= 0.3 is 0 Å². The molecule has 0 saturated heterocycles. The van der Waals surface area contributed by atoms with Crippen molar-refractivity contribution < 1.29 is 17.9 Å². The largest absolute Gasteiger partial charge is 0.495 e. The number of rotatable bonds is 7. The van der Waals surface area contributed by atoms with Gasteiger partial charge in [0.05, 0.1) is 13.2 Å². The van der Waals surface area contributed by atoms with Crippen LogP contribution >= 0.6 is 0 Å². The Balaban J connectivity index is 1.83. The van der Waals surface area contributed by atoms with Crippen molar-refractivity contribution in [1.82, 2.24) is 10.0 Å². The van der Waals surface area contributed by atoms with Gasteiger partial charge in [-0.05, 0) is 43.5 Å². The number of sulfonamides is 1. The molecule has 0 unspecified atom stereocenters. The standard InChI is InChI=1S/C19H22N2O4S/c1-13(14-6-4-3-5-7-14)20-19(22)15-8-11-17(25-2)18(12-15)26(23,24)21-16-9-10-16/h3-8,11-13,16,21H,9-10H2,1-2H3,(H,20,22)/t13-/m1/s1. The Morgan fingerprint density at radius 1 is 1.15 bits per heavy atom. The fourth-order valence-corrected chi connectivity index (χ4v) is 4.12. The molecule has 1 saturated carbocycles. The van der Waals surface area contributed by atoms with E-state index in [4.69, 9.17) is 4.74 Å². The molecule has 1 aliphatic carbocycles. The Kier molecular flexibility index (Phi) is 5.29. The van der Waals surface area contributed by atoms with Crippen LogP contribution in [-0.2, 0) is 10.0 Å². The van der Waals surface area contributed by atoms with Crippen LogP contribution < -0.4 is 14.8 Å². The van der Waals surface area contributed by atoms with Gasteiger partial charge in [0, 0.05) is 11.6 Å². The second-order valence-electron chi connectivity index (χ2n) is 6.37. The highest BCUT2D eigenvalue weighted by Gasteiger charge is 2.30. The van der Waals surface area contributed by atoms with Crippen molar-refractivity contribution in [3.63, 3.8) is 0 Å². The van der Waals surface area contributed by atoms with Crippen LogP contribution in [0.4, 0.5) is 0 Å². The van der Waals surface area contributed by atoms with Crippen LogP contribution in [0.25, 0.3) is 0 Å². The van der Waals surface area contributed by atoms with Crippen LogP contribution in [0.2, 0.25) is 0 Å². The second-order valence-corrected chi connectivity index (χ2v) is 8.05. The molecular weight excluding hydrogens is 352 g/mol. The Bertz CT molecular complexity index is 893. The SMILES string of the molecule is COc1ccc(C(=O)N[C@H](C)c2ccccc2)cc1S(=O)(=O)NC1CC1. The summed E-state index contributed by atoms with van der Waals surface area (Å²) in [6.45, 7) is 1.88. The molecule has 1 aliphatic rings. The van der Waals surface area contributed by atoms with E-state index in [9.17, 15) is 13.2 Å². The smallest absolute Gasteiger partial charge is 0.251 e. The summed E-state index contributed by atoms with van der Waals surface area (Å²) in [7, 11) is -2.33. The molecule has 2 N–H and O–H groups in total. The maximum absolute atomic E-state index is 12.6. The molecule has 2 aromatic rings. The summed E-state index contributed by atoms with van der Waals surface area (Å²) in [5.41, 5.74) is 1.24. The second kappa shape index (κ2) is 7.47. The number of carbonyl (C=O) groups is 1. The third-order valence-corrected chi connectivity index (χ3v) is 5.80. The van der Waals surface area contributed by atoms with Crippen molar-refractivity contribution in [2.24, 2.45) is 0 Å². The van der Waals surface area contributed by atoms with Crippen LogP contribution in [0.1, 0.15) is 41.7 Å². The lowest BCUT2D eigenvalue weighted by molar-refractivity contribution is 0.0939. The number of benzene rings is 2. The van der Waals surface area contributed by atoms with Crippen molar-refractivity contribution in [1.29, 1.82) is 0 Å². The highest BCUT2D eigenvalue weighted by Crippen LogP contribution is 2.28. The van der Waals surface area contributed by atoms with E-state index in [1.54, 1.807) is 6.07 Å². The molecule has 2 aromatic carbocycles. The van der Waals surface area contributed by atoms with E-state index in [-0.39, 0.29) is 34.2 Å². The van der Waals surface area contributed by atoms with Crippen LogP contribution in [-0.4, -0.2) is 27.5 Å². The van der Waals surface area contributed by atoms with Crippen LogP contribution in [0.3, 0.4) is 0 Å². The summed E-state index contributed by atoms with van der Waals surface area (Å²) in [4.78, 5) is 12.6. The summed E-state index contributed by atoms with van der Waals surface area (Å²) >= 11 is 0. The van der Waals surface area contributed by atoms with Crippen LogP contribution in [0.5, 0.6) is 5.75 Å².